The van der Waals surface area contributed by atoms with E-state index in [1.165, 1.54) is 25.8 Å². The number of piperidine rings is 1. The lowest BCUT2D eigenvalue weighted by Gasteiger charge is -2.31. The van der Waals surface area contributed by atoms with Crippen LogP contribution in [0.2, 0.25) is 0 Å². The molecule has 2 atom stereocenters. The van der Waals surface area contributed by atoms with Gasteiger partial charge in [0.05, 0.1) is 25.2 Å². The molecule has 0 radical (unpaired) electrons. The number of carbonyl (C=O) groups excluding carboxylic acids is 1. The molecule has 0 aromatic heterocycles. The first-order chi connectivity index (χ1) is 15.2. The van der Waals surface area contributed by atoms with Gasteiger partial charge in [-0.05, 0) is 68.0 Å². The zero-order valence-corrected chi connectivity index (χ0v) is 20.0. The van der Waals surface area contributed by atoms with E-state index in [1.807, 2.05) is 18.7 Å². The van der Waals surface area contributed by atoms with Crippen LogP contribution in [0.5, 0.6) is 0 Å². The van der Waals surface area contributed by atoms with Gasteiger partial charge in [-0.3, -0.25) is 4.79 Å². The van der Waals surface area contributed by atoms with Crippen LogP contribution in [0.1, 0.15) is 37.0 Å². The number of hydrogen-bond donors (Lipinski definition) is 0. The van der Waals surface area contributed by atoms with Crippen LogP contribution in [-0.2, 0) is 20.7 Å². The SMILES string of the molecule is CCOC(=O)C1CCCN(CCOC2Cc3ccccc3Sc3ccc(SC)cc32)C1. The number of hydrogen-bond acceptors (Lipinski definition) is 6. The van der Waals surface area contributed by atoms with Crippen LogP contribution < -0.4 is 0 Å². The number of rotatable bonds is 7. The van der Waals surface area contributed by atoms with Gasteiger partial charge in [0.25, 0.3) is 0 Å². The summed E-state index contributed by atoms with van der Waals surface area (Å²) in [5.74, 6) is -0.0521. The monoisotopic (exact) mass is 457 g/mol. The quantitative estimate of drug-likeness (QED) is 0.407. The zero-order valence-electron chi connectivity index (χ0n) is 18.3. The molecule has 0 bridgehead atoms. The van der Waals surface area contributed by atoms with E-state index in [4.69, 9.17) is 9.47 Å². The molecule has 0 aliphatic carbocycles. The molecule has 166 valence electrons. The highest BCUT2D eigenvalue weighted by Gasteiger charge is 2.28. The Kier molecular flexibility index (Phi) is 7.99. The third-order valence-electron chi connectivity index (χ3n) is 6.01. The van der Waals surface area contributed by atoms with Gasteiger partial charge in [0.1, 0.15) is 0 Å². The fraction of sp³-hybridized carbons (Fsp3) is 0.480. The van der Waals surface area contributed by atoms with E-state index in [9.17, 15) is 4.79 Å². The van der Waals surface area contributed by atoms with Gasteiger partial charge in [-0.2, -0.15) is 0 Å². The van der Waals surface area contributed by atoms with Crippen LogP contribution in [0.3, 0.4) is 0 Å². The molecule has 0 spiro atoms. The molecule has 2 unspecified atom stereocenters. The summed E-state index contributed by atoms with van der Waals surface area (Å²) in [5.41, 5.74) is 2.64. The second-order valence-electron chi connectivity index (χ2n) is 8.07. The molecule has 0 amide bonds. The van der Waals surface area contributed by atoms with Crippen molar-refractivity contribution >= 4 is 29.5 Å². The smallest absolute Gasteiger partial charge is 0.310 e. The highest BCUT2D eigenvalue weighted by Crippen LogP contribution is 2.43. The van der Waals surface area contributed by atoms with Gasteiger partial charge in [-0.1, -0.05) is 30.0 Å². The van der Waals surface area contributed by atoms with E-state index < -0.39 is 0 Å². The van der Waals surface area contributed by atoms with Crippen LogP contribution in [-0.4, -0.2) is 50.0 Å². The van der Waals surface area contributed by atoms with Gasteiger partial charge in [-0.15, -0.1) is 11.8 Å². The normalized spacial score (nSPS) is 21.1. The van der Waals surface area contributed by atoms with E-state index in [1.54, 1.807) is 11.8 Å². The van der Waals surface area contributed by atoms with Gasteiger partial charge >= 0.3 is 5.97 Å². The summed E-state index contributed by atoms with van der Waals surface area (Å²) in [6, 6.07) is 15.4. The molecule has 0 saturated carbocycles. The molecule has 4 rings (SSSR count). The molecule has 6 heteroatoms. The number of nitrogens with zero attached hydrogens (tertiary/aromatic N) is 1. The first kappa shape index (κ1) is 22.7. The third-order valence-corrected chi connectivity index (χ3v) is 7.95. The zero-order chi connectivity index (χ0) is 21.6. The second-order valence-corrected chi connectivity index (χ2v) is 10.0. The van der Waals surface area contributed by atoms with Gasteiger partial charge in [0.2, 0.25) is 0 Å². The number of ether oxygens (including phenoxy) is 2. The molecule has 0 N–H and O–H groups in total. The van der Waals surface area contributed by atoms with Crippen LogP contribution in [0.4, 0.5) is 0 Å². The minimum Gasteiger partial charge on any atom is -0.466 e. The van der Waals surface area contributed by atoms with E-state index >= 15 is 0 Å². The van der Waals surface area contributed by atoms with Gasteiger partial charge in [0, 0.05) is 34.2 Å². The maximum atomic E-state index is 12.1. The Bertz CT molecular complexity index is 904. The average Bonchev–Trinajstić information content (AvgIpc) is 2.95. The number of esters is 1. The summed E-state index contributed by atoms with van der Waals surface area (Å²) >= 11 is 3.62. The molecular formula is C25H31NO3S2. The fourth-order valence-electron chi connectivity index (χ4n) is 4.38. The maximum Gasteiger partial charge on any atom is 0.310 e. The minimum atomic E-state index is -0.0518. The molecule has 2 aromatic carbocycles. The summed E-state index contributed by atoms with van der Waals surface area (Å²) in [6.07, 6.45) is 5.02. The standard InChI is InChI=1S/C25H31NO3S2/c1-3-28-25(27)19-8-6-12-26(17-19)13-14-29-22-15-18-7-4-5-9-23(18)31-24-11-10-20(30-2)16-21(22)24/h4-5,7,9-11,16,19,22H,3,6,8,12-15,17H2,1-2H3. The molecule has 4 nitrogen and oxygen atoms in total. The van der Waals surface area contributed by atoms with Gasteiger partial charge in [-0.25, -0.2) is 0 Å². The summed E-state index contributed by atoms with van der Waals surface area (Å²) in [6.45, 7) is 5.64. The fourth-order valence-corrected chi connectivity index (χ4v) is 5.94. The average molecular weight is 458 g/mol. The largest absolute Gasteiger partial charge is 0.466 e. The van der Waals surface area contributed by atoms with Crippen molar-refractivity contribution in [3.63, 3.8) is 0 Å². The Morgan fingerprint density at radius 2 is 2.10 bits per heavy atom. The number of likely N-dealkylation sites (tertiary alicyclic amines) is 1. The van der Waals surface area contributed by atoms with Crippen molar-refractivity contribution < 1.29 is 14.3 Å². The van der Waals surface area contributed by atoms with Crippen LogP contribution >= 0.6 is 23.5 Å². The van der Waals surface area contributed by atoms with E-state index in [-0.39, 0.29) is 18.0 Å². The van der Waals surface area contributed by atoms with Crippen molar-refractivity contribution in [3.05, 3.63) is 53.6 Å². The van der Waals surface area contributed by atoms with E-state index in [2.05, 4.69) is 53.6 Å². The Hall–Kier alpha value is -1.47. The summed E-state index contributed by atoms with van der Waals surface area (Å²) in [7, 11) is 0. The lowest BCUT2D eigenvalue weighted by molar-refractivity contribution is -0.150. The van der Waals surface area contributed by atoms with Crippen molar-refractivity contribution in [1.82, 2.24) is 4.90 Å². The molecule has 2 aliphatic heterocycles. The van der Waals surface area contributed by atoms with Crippen LogP contribution in [0, 0.1) is 5.92 Å². The maximum absolute atomic E-state index is 12.1. The minimum absolute atomic E-state index is 0.000259. The highest BCUT2D eigenvalue weighted by molar-refractivity contribution is 7.99. The molecule has 1 saturated heterocycles. The number of carbonyl (C=O) groups is 1. The number of benzene rings is 2. The second kappa shape index (κ2) is 10.9. The predicted octanol–water partition coefficient (Wildman–Crippen LogP) is 5.45. The summed E-state index contributed by atoms with van der Waals surface area (Å²) < 4.78 is 11.7. The molecule has 1 fully saturated rings. The number of thioether (sulfide) groups is 1. The molecule has 31 heavy (non-hydrogen) atoms. The Morgan fingerprint density at radius 1 is 1.23 bits per heavy atom. The first-order valence-corrected chi connectivity index (χ1v) is 13.2. The third kappa shape index (κ3) is 5.67. The van der Waals surface area contributed by atoms with E-state index in [0.717, 1.165) is 38.9 Å². The van der Waals surface area contributed by atoms with E-state index in [0.29, 0.717) is 13.2 Å². The molecule has 2 aliphatic rings. The lowest BCUT2D eigenvalue weighted by atomic mass is 9.98. The van der Waals surface area contributed by atoms with Crippen LogP contribution in [0.25, 0.3) is 0 Å². The van der Waals surface area contributed by atoms with Crippen molar-refractivity contribution in [3.8, 4) is 0 Å². The topological polar surface area (TPSA) is 38.8 Å². The van der Waals surface area contributed by atoms with Gasteiger partial charge in [0.15, 0.2) is 0 Å². The highest BCUT2D eigenvalue weighted by atomic mass is 32.2. The molecular weight excluding hydrogens is 426 g/mol. The summed E-state index contributed by atoms with van der Waals surface area (Å²) in [4.78, 5) is 18.4. The predicted molar refractivity (Wildman–Crippen MR) is 127 cm³/mol. The van der Waals surface area contributed by atoms with Crippen molar-refractivity contribution in [2.75, 3.05) is 39.1 Å². The molecule has 2 aromatic rings. The Morgan fingerprint density at radius 3 is 2.94 bits per heavy atom. The Labute approximate surface area is 194 Å². The van der Waals surface area contributed by atoms with Crippen LogP contribution in [0.15, 0.2) is 57.2 Å². The first-order valence-electron chi connectivity index (χ1n) is 11.1. The molecule has 2 heterocycles. The van der Waals surface area contributed by atoms with Crippen molar-refractivity contribution in [2.24, 2.45) is 5.92 Å². The summed E-state index contributed by atoms with van der Waals surface area (Å²) in [5, 5.41) is 0. The van der Waals surface area contributed by atoms with Crippen molar-refractivity contribution in [1.29, 1.82) is 0 Å². The van der Waals surface area contributed by atoms with Crippen molar-refractivity contribution in [2.45, 2.75) is 47.0 Å². The lowest BCUT2D eigenvalue weighted by Crippen LogP contribution is -2.41. The van der Waals surface area contributed by atoms with Gasteiger partial charge < -0.3 is 14.4 Å². The number of fused-ring (bicyclic) bond motifs is 2. The Balaban J connectivity index is 1.43.